The lowest BCUT2D eigenvalue weighted by atomic mass is 10.2. The number of hydrogen-bond acceptors (Lipinski definition) is 4. The molecule has 2 amide bonds. The highest BCUT2D eigenvalue weighted by Crippen LogP contribution is 2.19. The highest BCUT2D eigenvalue weighted by atomic mass is 79.9. The minimum absolute atomic E-state index is 0.126. The number of hydrazine groups is 1. The van der Waals surface area contributed by atoms with Crippen LogP contribution in [0.25, 0.3) is 0 Å². The quantitative estimate of drug-likeness (QED) is 0.601. The minimum atomic E-state index is -3.72. The number of rotatable bonds is 6. The Morgan fingerprint density at radius 2 is 1.58 bits per heavy atom. The van der Waals surface area contributed by atoms with Crippen molar-refractivity contribution in [2.45, 2.75) is 24.7 Å². The van der Waals surface area contributed by atoms with Crippen LogP contribution in [0.2, 0.25) is 0 Å². The van der Waals surface area contributed by atoms with Gasteiger partial charge >= 0.3 is 0 Å². The summed E-state index contributed by atoms with van der Waals surface area (Å²) in [5, 5.41) is 0. The van der Waals surface area contributed by atoms with E-state index in [1.54, 1.807) is 12.1 Å². The van der Waals surface area contributed by atoms with Crippen LogP contribution in [0.5, 0.6) is 0 Å². The molecule has 0 aliphatic carbocycles. The van der Waals surface area contributed by atoms with Gasteiger partial charge in [-0.15, -0.1) is 0 Å². The van der Waals surface area contributed by atoms with Crippen molar-refractivity contribution in [3.05, 3.63) is 58.6 Å². The average molecular weight is 440 g/mol. The highest BCUT2D eigenvalue weighted by Gasteiger charge is 2.14. The van der Waals surface area contributed by atoms with Crippen LogP contribution in [0.3, 0.4) is 0 Å². The third kappa shape index (κ3) is 5.57. The van der Waals surface area contributed by atoms with E-state index in [1.807, 2.05) is 6.92 Å². The average Bonchev–Trinajstić information content (AvgIpc) is 2.60. The zero-order valence-electron chi connectivity index (χ0n) is 14.0. The summed E-state index contributed by atoms with van der Waals surface area (Å²) in [6, 6.07) is 12.1. The second-order valence-corrected chi connectivity index (χ2v) is 7.99. The molecule has 26 heavy (non-hydrogen) atoms. The smallest absolute Gasteiger partial charge is 0.269 e. The summed E-state index contributed by atoms with van der Waals surface area (Å²) in [4.78, 5) is 23.4. The van der Waals surface area contributed by atoms with Crippen LogP contribution < -0.4 is 15.6 Å². The van der Waals surface area contributed by atoms with Crippen molar-refractivity contribution in [2.24, 2.45) is 0 Å². The minimum Gasteiger partial charge on any atom is -0.280 e. The topological polar surface area (TPSA) is 104 Å². The Bertz CT molecular complexity index is 881. The molecule has 7 nitrogen and oxygen atoms in total. The van der Waals surface area contributed by atoms with Gasteiger partial charge < -0.3 is 0 Å². The number of anilines is 1. The third-order valence-electron chi connectivity index (χ3n) is 3.32. The molecule has 138 valence electrons. The molecule has 0 saturated heterocycles. The van der Waals surface area contributed by atoms with Crippen molar-refractivity contribution in [3.63, 3.8) is 0 Å². The predicted molar refractivity (Wildman–Crippen MR) is 102 cm³/mol. The molecule has 0 fully saturated rings. The van der Waals surface area contributed by atoms with Gasteiger partial charge in [0.2, 0.25) is 5.91 Å². The number of carbonyl (C=O) groups is 2. The first-order valence-corrected chi connectivity index (χ1v) is 10.1. The van der Waals surface area contributed by atoms with Gasteiger partial charge in [0.15, 0.2) is 0 Å². The zero-order valence-corrected chi connectivity index (χ0v) is 16.4. The fourth-order valence-corrected chi connectivity index (χ4v) is 3.33. The summed E-state index contributed by atoms with van der Waals surface area (Å²) in [6.45, 7) is 1.86. The molecule has 2 rings (SSSR count). The van der Waals surface area contributed by atoms with E-state index >= 15 is 0 Å². The summed E-state index contributed by atoms with van der Waals surface area (Å²) in [5.74, 6) is -0.767. The monoisotopic (exact) mass is 439 g/mol. The van der Waals surface area contributed by atoms with Crippen molar-refractivity contribution in [1.29, 1.82) is 0 Å². The standard InChI is InChI=1S/C17H18BrN3O4S/c1-2-3-16(22)19-20-17(23)12-4-8-14(9-5-12)21-26(24,25)15-10-6-13(18)7-11-15/h4-11,21H,2-3H2,1H3,(H,19,22)(H,20,23). The SMILES string of the molecule is CCCC(=O)NNC(=O)c1ccc(NS(=O)(=O)c2ccc(Br)cc2)cc1. The van der Waals surface area contributed by atoms with Gasteiger partial charge in [-0.3, -0.25) is 25.2 Å². The second-order valence-electron chi connectivity index (χ2n) is 5.39. The summed E-state index contributed by atoms with van der Waals surface area (Å²) in [6.07, 6.45) is 0.992. The Balaban J connectivity index is 2.01. The van der Waals surface area contributed by atoms with Gasteiger partial charge in [0, 0.05) is 22.1 Å². The number of carbonyl (C=O) groups excluding carboxylic acids is 2. The Labute approximate surface area is 160 Å². The fraction of sp³-hybridized carbons (Fsp3) is 0.176. The van der Waals surface area contributed by atoms with Crippen LogP contribution in [0.4, 0.5) is 5.69 Å². The lowest BCUT2D eigenvalue weighted by molar-refractivity contribution is -0.121. The van der Waals surface area contributed by atoms with Crippen LogP contribution in [0.15, 0.2) is 57.9 Å². The lowest BCUT2D eigenvalue weighted by Crippen LogP contribution is -2.41. The van der Waals surface area contributed by atoms with Gasteiger partial charge in [-0.1, -0.05) is 22.9 Å². The van der Waals surface area contributed by atoms with Crippen molar-refractivity contribution in [2.75, 3.05) is 4.72 Å². The van der Waals surface area contributed by atoms with Crippen LogP contribution in [-0.4, -0.2) is 20.2 Å². The number of benzene rings is 2. The van der Waals surface area contributed by atoms with E-state index in [0.717, 1.165) is 4.47 Å². The Morgan fingerprint density at radius 3 is 2.15 bits per heavy atom. The van der Waals surface area contributed by atoms with E-state index in [0.29, 0.717) is 18.5 Å². The molecule has 0 atom stereocenters. The van der Waals surface area contributed by atoms with Gasteiger partial charge in [-0.2, -0.15) is 0 Å². The lowest BCUT2D eigenvalue weighted by Gasteiger charge is -2.10. The summed E-state index contributed by atoms with van der Waals surface area (Å²) in [7, 11) is -3.72. The summed E-state index contributed by atoms with van der Waals surface area (Å²) >= 11 is 3.25. The number of sulfonamides is 1. The molecule has 0 radical (unpaired) electrons. The largest absolute Gasteiger partial charge is 0.280 e. The van der Waals surface area contributed by atoms with E-state index in [-0.39, 0.29) is 16.4 Å². The zero-order chi connectivity index (χ0) is 19.2. The molecule has 0 unspecified atom stereocenters. The summed E-state index contributed by atoms with van der Waals surface area (Å²) < 4.78 is 27.9. The van der Waals surface area contributed by atoms with E-state index in [9.17, 15) is 18.0 Å². The third-order valence-corrected chi connectivity index (χ3v) is 5.24. The fourth-order valence-electron chi connectivity index (χ4n) is 2.01. The number of amides is 2. The summed E-state index contributed by atoms with van der Waals surface area (Å²) in [5.41, 5.74) is 5.21. The number of hydrogen-bond donors (Lipinski definition) is 3. The van der Waals surface area contributed by atoms with E-state index < -0.39 is 15.9 Å². The van der Waals surface area contributed by atoms with E-state index in [1.165, 1.54) is 36.4 Å². The van der Waals surface area contributed by atoms with Gasteiger partial charge in [-0.05, 0) is 55.0 Å². The number of halogens is 1. The van der Waals surface area contributed by atoms with Gasteiger partial charge in [0.25, 0.3) is 15.9 Å². The predicted octanol–water partition coefficient (Wildman–Crippen LogP) is 2.81. The maximum absolute atomic E-state index is 12.3. The van der Waals surface area contributed by atoms with E-state index in [4.69, 9.17) is 0 Å². The van der Waals surface area contributed by atoms with Gasteiger partial charge in [-0.25, -0.2) is 8.42 Å². The van der Waals surface area contributed by atoms with Gasteiger partial charge in [0.1, 0.15) is 0 Å². The van der Waals surface area contributed by atoms with Crippen LogP contribution >= 0.6 is 15.9 Å². The first-order valence-electron chi connectivity index (χ1n) is 7.79. The Morgan fingerprint density at radius 1 is 0.962 bits per heavy atom. The van der Waals surface area contributed by atoms with Crippen LogP contribution in [-0.2, 0) is 14.8 Å². The molecular weight excluding hydrogens is 422 g/mol. The first kappa shape index (κ1) is 19.9. The second kappa shape index (κ2) is 8.81. The molecule has 0 bridgehead atoms. The Hall–Kier alpha value is -2.39. The molecule has 2 aromatic rings. The molecule has 9 heteroatoms. The number of nitrogens with one attached hydrogen (secondary N) is 3. The molecule has 0 saturated carbocycles. The van der Waals surface area contributed by atoms with Crippen molar-refractivity contribution >= 4 is 43.5 Å². The molecule has 0 aliphatic heterocycles. The molecule has 3 N–H and O–H groups in total. The molecule has 0 aromatic heterocycles. The maximum atomic E-state index is 12.3. The molecule has 0 spiro atoms. The van der Waals surface area contributed by atoms with Crippen molar-refractivity contribution in [3.8, 4) is 0 Å². The first-order chi connectivity index (χ1) is 12.3. The van der Waals surface area contributed by atoms with Gasteiger partial charge in [0.05, 0.1) is 4.90 Å². The van der Waals surface area contributed by atoms with Crippen LogP contribution in [0.1, 0.15) is 30.1 Å². The normalized spacial score (nSPS) is 10.8. The van der Waals surface area contributed by atoms with Crippen LogP contribution in [0, 0.1) is 0 Å². The van der Waals surface area contributed by atoms with Crippen molar-refractivity contribution in [1.82, 2.24) is 10.9 Å². The highest BCUT2D eigenvalue weighted by molar-refractivity contribution is 9.10. The molecule has 0 heterocycles. The van der Waals surface area contributed by atoms with E-state index in [2.05, 4.69) is 31.5 Å². The Kier molecular flexibility index (Phi) is 6.76. The molecule has 0 aliphatic rings. The molecule has 2 aromatic carbocycles. The maximum Gasteiger partial charge on any atom is 0.269 e. The van der Waals surface area contributed by atoms with Crippen molar-refractivity contribution < 1.29 is 18.0 Å². The molecular formula is C17H18BrN3O4S.